The van der Waals surface area contributed by atoms with E-state index in [0.29, 0.717) is 5.92 Å². The Labute approximate surface area is 68.4 Å². The Bertz CT molecular complexity index is 150. The van der Waals surface area contributed by atoms with E-state index in [1.165, 1.54) is 32.1 Å². The topological polar surface area (TPSA) is 20.2 Å². The van der Waals surface area contributed by atoms with E-state index in [0.717, 1.165) is 0 Å². The minimum Gasteiger partial charge on any atom is -0.388 e. The number of rotatable bonds is 2. The third-order valence-corrected chi connectivity index (χ3v) is 2.42. The predicted octanol–water partition coefficient (Wildman–Crippen LogP) is 2.27. The lowest BCUT2D eigenvalue weighted by Crippen LogP contribution is -2.20. The van der Waals surface area contributed by atoms with E-state index >= 15 is 0 Å². The summed E-state index contributed by atoms with van der Waals surface area (Å²) in [6.07, 6.45) is 7.59. The summed E-state index contributed by atoms with van der Waals surface area (Å²) in [6.45, 7) is 3.45. The first kappa shape index (κ1) is 8.58. The van der Waals surface area contributed by atoms with E-state index in [4.69, 9.17) is 0 Å². The summed E-state index contributed by atoms with van der Waals surface area (Å²) in [6, 6.07) is 0. The standard InChI is InChI=1S/C10H16O/c1-2-6-10(11)9-7-4-3-5-8-9/h6,9-11H,1,3-5,7-8H2/t10-/m1/s1. The van der Waals surface area contributed by atoms with Crippen molar-refractivity contribution < 1.29 is 5.11 Å². The molecule has 0 amide bonds. The molecule has 1 saturated carbocycles. The van der Waals surface area contributed by atoms with Crippen LogP contribution in [0.1, 0.15) is 32.1 Å². The van der Waals surface area contributed by atoms with Crippen molar-refractivity contribution in [3.05, 3.63) is 18.4 Å². The predicted molar refractivity (Wildman–Crippen MR) is 46.3 cm³/mol. The van der Waals surface area contributed by atoms with Crippen LogP contribution < -0.4 is 0 Å². The number of aliphatic hydroxyl groups is 1. The highest BCUT2D eigenvalue weighted by Crippen LogP contribution is 2.26. The second kappa shape index (κ2) is 4.38. The molecule has 62 valence electrons. The van der Waals surface area contributed by atoms with Crippen molar-refractivity contribution in [2.45, 2.75) is 38.2 Å². The van der Waals surface area contributed by atoms with Gasteiger partial charge in [0.2, 0.25) is 0 Å². The Kier molecular flexibility index (Phi) is 3.41. The quantitative estimate of drug-likeness (QED) is 0.602. The molecule has 0 radical (unpaired) electrons. The van der Waals surface area contributed by atoms with Crippen LogP contribution in [0, 0.1) is 5.92 Å². The van der Waals surface area contributed by atoms with Crippen molar-refractivity contribution in [3.8, 4) is 0 Å². The normalized spacial score (nSPS) is 22.3. The Hall–Kier alpha value is -0.520. The molecule has 1 atom stereocenters. The molecular formula is C10H16O. The van der Waals surface area contributed by atoms with Gasteiger partial charge in [0.25, 0.3) is 0 Å². The zero-order valence-corrected chi connectivity index (χ0v) is 6.92. The maximum Gasteiger partial charge on any atom is 0.0822 e. The van der Waals surface area contributed by atoms with Gasteiger partial charge < -0.3 is 5.11 Å². The van der Waals surface area contributed by atoms with Gasteiger partial charge in [-0.25, -0.2) is 0 Å². The maximum atomic E-state index is 9.52. The van der Waals surface area contributed by atoms with Crippen molar-refractivity contribution in [2.24, 2.45) is 5.92 Å². The molecule has 1 aliphatic rings. The van der Waals surface area contributed by atoms with E-state index in [1.54, 1.807) is 6.08 Å². The number of hydrogen-bond acceptors (Lipinski definition) is 1. The monoisotopic (exact) mass is 152 g/mol. The van der Waals surface area contributed by atoms with Gasteiger partial charge in [-0.15, -0.1) is 5.73 Å². The van der Waals surface area contributed by atoms with Crippen molar-refractivity contribution in [2.75, 3.05) is 0 Å². The molecule has 1 heteroatoms. The van der Waals surface area contributed by atoms with Crippen molar-refractivity contribution in [1.29, 1.82) is 0 Å². The fourth-order valence-corrected chi connectivity index (χ4v) is 1.73. The van der Waals surface area contributed by atoms with Gasteiger partial charge in [-0.2, -0.15) is 0 Å². The molecule has 0 bridgehead atoms. The molecule has 0 aromatic heterocycles. The minimum atomic E-state index is -0.298. The summed E-state index contributed by atoms with van der Waals surface area (Å²) in [7, 11) is 0. The molecule has 0 aliphatic heterocycles. The second-order valence-electron chi connectivity index (χ2n) is 3.26. The first-order chi connectivity index (χ1) is 5.34. The SMILES string of the molecule is C=C=C[C@@H](O)C1CCCCC1. The highest BCUT2D eigenvalue weighted by Gasteiger charge is 2.18. The molecule has 11 heavy (non-hydrogen) atoms. The first-order valence-electron chi connectivity index (χ1n) is 4.38. The number of hydrogen-bond donors (Lipinski definition) is 1. The van der Waals surface area contributed by atoms with Crippen LogP contribution in [-0.4, -0.2) is 11.2 Å². The summed E-state index contributed by atoms with van der Waals surface area (Å²) in [4.78, 5) is 0. The Morgan fingerprint density at radius 1 is 1.36 bits per heavy atom. The van der Waals surface area contributed by atoms with E-state index < -0.39 is 0 Å². The highest BCUT2D eigenvalue weighted by molar-refractivity contribution is 4.89. The van der Waals surface area contributed by atoms with E-state index in [1.807, 2.05) is 0 Å². The first-order valence-corrected chi connectivity index (χ1v) is 4.38. The number of aliphatic hydroxyl groups excluding tert-OH is 1. The maximum absolute atomic E-state index is 9.52. The molecule has 0 aromatic rings. The van der Waals surface area contributed by atoms with E-state index in [-0.39, 0.29) is 6.10 Å². The molecule has 1 nitrogen and oxygen atoms in total. The van der Waals surface area contributed by atoms with Crippen molar-refractivity contribution >= 4 is 0 Å². The lowest BCUT2D eigenvalue weighted by molar-refractivity contribution is 0.125. The van der Waals surface area contributed by atoms with Gasteiger partial charge in [-0.3, -0.25) is 0 Å². The van der Waals surface area contributed by atoms with Gasteiger partial charge in [0.1, 0.15) is 0 Å². The smallest absolute Gasteiger partial charge is 0.0822 e. The Balaban J connectivity index is 2.38. The summed E-state index contributed by atoms with van der Waals surface area (Å²) >= 11 is 0. The van der Waals surface area contributed by atoms with Crippen LogP contribution in [0.4, 0.5) is 0 Å². The lowest BCUT2D eigenvalue weighted by atomic mass is 9.85. The average molecular weight is 152 g/mol. The minimum absolute atomic E-state index is 0.298. The molecule has 0 heterocycles. The summed E-state index contributed by atoms with van der Waals surface area (Å²) in [5.74, 6) is 0.470. The zero-order chi connectivity index (χ0) is 8.10. The van der Waals surface area contributed by atoms with Crippen molar-refractivity contribution in [1.82, 2.24) is 0 Å². The van der Waals surface area contributed by atoms with Gasteiger partial charge >= 0.3 is 0 Å². The van der Waals surface area contributed by atoms with Gasteiger partial charge in [0, 0.05) is 0 Å². The van der Waals surface area contributed by atoms with Crippen LogP contribution in [0.3, 0.4) is 0 Å². The van der Waals surface area contributed by atoms with Gasteiger partial charge in [0.05, 0.1) is 6.10 Å². The highest BCUT2D eigenvalue weighted by atomic mass is 16.3. The molecule has 1 rings (SSSR count). The van der Waals surface area contributed by atoms with Gasteiger partial charge in [-0.1, -0.05) is 25.8 Å². The van der Waals surface area contributed by atoms with Crippen LogP contribution in [-0.2, 0) is 0 Å². The van der Waals surface area contributed by atoms with Crippen LogP contribution in [0.5, 0.6) is 0 Å². The van der Waals surface area contributed by atoms with E-state index in [9.17, 15) is 5.11 Å². The molecule has 1 N–H and O–H groups in total. The van der Waals surface area contributed by atoms with E-state index in [2.05, 4.69) is 12.3 Å². The lowest BCUT2D eigenvalue weighted by Gasteiger charge is -2.23. The molecule has 0 spiro atoms. The molecule has 0 unspecified atom stereocenters. The van der Waals surface area contributed by atoms with Crippen LogP contribution >= 0.6 is 0 Å². The third kappa shape index (κ3) is 2.53. The van der Waals surface area contributed by atoms with Crippen LogP contribution in [0.15, 0.2) is 18.4 Å². The van der Waals surface area contributed by atoms with Crippen LogP contribution in [0.2, 0.25) is 0 Å². The molecule has 1 aliphatic carbocycles. The summed E-state index contributed by atoms with van der Waals surface area (Å²) < 4.78 is 0. The third-order valence-electron chi connectivity index (χ3n) is 2.42. The Morgan fingerprint density at radius 3 is 2.55 bits per heavy atom. The van der Waals surface area contributed by atoms with Crippen LogP contribution in [0.25, 0.3) is 0 Å². The molecule has 1 fully saturated rings. The van der Waals surface area contributed by atoms with Gasteiger partial charge in [-0.05, 0) is 24.8 Å². The molecule has 0 aromatic carbocycles. The zero-order valence-electron chi connectivity index (χ0n) is 6.92. The summed E-state index contributed by atoms with van der Waals surface area (Å²) in [5.41, 5.74) is 2.64. The summed E-state index contributed by atoms with van der Waals surface area (Å²) in [5, 5.41) is 9.52. The fourth-order valence-electron chi connectivity index (χ4n) is 1.73. The fraction of sp³-hybridized carbons (Fsp3) is 0.700. The molecule has 0 saturated heterocycles. The Morgan fingerprint density at radius 2 is 2.00 bits per heavy atom. The average Bonchev–Trinajstić information content (AvgIpc) is 2.07. The second-order valence-corrected chi connectivity index (χ2v) is 3.26. The molecular weight excluding hydrogens is 136 g/mol. The largest absolute Gasteiger partial charge is 0.388 e. The van der Waals surface area contributed by atoms with Gasteiger partial charge in [0.15, 0.2) is 0 Å². The van der Waals surface area contributed by atoms with Crippen molar-refractivity contribution in [3.63, 3.8) is 0 Å².